The van der Waals surface area contributed by atoms with Gasteiger partial charge in [-0.2, -0.15) is 0 Å². The summed E-state index contributed by atoms with van der Waals surface area (Å²) in [5.41, 5.74) is 3.08. The third-order valence-corrected chi connectivity index (χ3v) is 5.88. The highest BCUT2D eigenvalue weighted by Gasteiger charge is 2.25. The average Bonchev–Trinajstić information content (AvgIpc) is 2.74. The van der Waals surface area contributed by atoms with Crippen molar-refractivity contribution in [1.29, 1.82) is 0 Å². The number of hydrogen-bond donors (Lipinski definition) is 2. The summed E-state index contributed by atoms with van der Waals surface area (Å²) < 4.78 is 5.28. The second-order valence-electron chi connectivity index (χ2n) is 7.53. The molecular weight excluding hydrogens is 390 g/mol. The van der Waals surface area contributed by atoms with Crippen molar-refractivity contribution in [2.45, 2.75) is 44.6 Å². The first-order valence-corrected chi connectivity index (χ1v) is 10.5. The lowest BCUT2D eigenvalue weighted by atomic mass is 9.95. The van der Waals surface area contributed by atoms with Crippen LogP contribution in [0.15, 0.2) is 24.5 Å². The van der Waals surface area contributed by atoms with E-state index in [2.05, 4.69) is 25.5 Å². The predicted molar refractivity (Wildman–Crippen MR) is 114 cm³/mol. The molecule has 0 radical (unpaired) electrons. The number of anilines is 2. The van der Waals surface area contributed by atoms with Gasteiger partial charge in [-0.15, -0.1) is 0 Å². The van der Waals surface area contributed by atoms with Gasteiger partial charge in [-0.1, -0.05) is 11.6 Å². The number of carbonyl (C=O) groups excluding carboxylic acids is 1. The van der Waals surface area contributed by atoms with Crippen LogP contribution in [0.1, 0.15) is 36.9 Å². The number of hydrogen-bond acceptors (Lipinski definition) is 5. The smallest absolute Gasteiger partial charge is 0.319 e. The van der Waals surface area contributed by atoms with Gasteiger partial charge in [0.15, 0.2) is 0 Å². The first-order valence-electron chi connectivity index (χ1n) is 10.1. The number of ether oxygens (including phenoxy) is 1. The fraction of sp³-hybridized carbons (Fsp3) is 0.476. The number of amides is 2. The van der Waals surface area contributed by atoms with E-state index in [4.69, 9.17) is 16.3 Å². The summed E-state index contributed by atoms with van der Waals surface area (Å²) in [6, 6.07) is 5.02. The molecule has 7 nitrogen and oxygen atoms in total. The Morgan fingerprint density at radius 3 is 2.79 bits per heavy atom. The van der Waals surface area contributed by atoms with Gasteiger partial charge >= 0.3 is 6.03 Å². The Labute approximate surface area is 175 Å². The van der Waals surface area contributed by atoms with Crippen molar-refractivity contribution >= 4 is 29.1 Å². The van der Waals surface area contributed by atoms with Gasteiger partial charge in [0.2, 0.25) is 0 Å². The summed E-state index contributed by atoms with van der Waals surface area (Å²) in [5, 5.41) is 6.45. The van der Waals surface area contributed by atoms with Crippen molar-refractivity contribution in [3.8, 4) is 5.75 Å². The molecule has 1 aliphatic carbocycles. The van der Waals surface area contributed by atoms with Crippen LogP contribution in [0.25, 0.3) is 0 Å². The number of halogens is 1. The summed E-state index contributed by atoms with van der Waals surface area (Å²) in [5.74, 6) is 1.66. The van der Waals surface area contributed by atoms with Gasteiger partial charge in [0, 0.05) is 35.4 Å². The van der Waals surface area contributed by atoms with Crippen molar-refractivity contribution in [2.24, 2.45) is 0 Å². The minimum atomic E-state index is -0.247. The summed E-state index contributed by atoms with van der Waals surface area (Å²) >= 11 is 6.03. The van der Waals surface area contributed by atoms with Gasteiger partial charge in [-0.25, -0.2) is 14.8 Å². The molecule has 8 heteroatoms. The molecule has 1 aromatic carbocycles. The number of piperidine rings is 1. The normalized spacial score (nSPS) is 16.8. The van der Waals surface area contributed by atoms with Gasteiger partial charge in [-0.3, -0.25) is 0 Å². The van der Waals surface area contributed by atoms with E-state index in [1.165, 1.54) is 24.1 Å². The highest BCUT2D eigenvalue weighted by atomic mass is 35.5. The van der Waals surface area contributed by atoms with Crippen LogP contribution in [0.2, 0.25) is 5.02 Å². The molecule has 29 heavy (non-hydrogen) atoms. The minimum absolute atomic E-state index is 0.120. The largest absolute Gasteiger partial charge is 0.495 e. The van der Waals surface area contributed by atoms with E-state index in [1.807, 2.05) is 0 Å². The molecule has 1 saturated heterocycles. The molecule has 2 heterocycles. The molecule has 4 rings (SSSR count). The van der Waals surface area contributed by atoms with Gasteiger partial charge in [0.05, 0.1) is 12.8 Å². The highest BCUT2D eigenvalue weighted by Crippen LogP contribution is 2.29. The molecule has 0 atom stereocenters. The highest BCUT2D eigenvalue weighted by molar-refractivity contribution is 6.31. The Balaban J connectivity index is 1.34. The van der Waals surface area contributed by atoms with E-state index in [-0.39, 0.29) is 12.1 Å². The Hall–Kier alpha value is -2.54. The van der Waals surface area contributed by atoms with E-state index < -0.39 is 0 Å². The SMILES string of the molecule is COc1ccc(Cl)cc1NC(=O)NC1CCN(c2ncnc3c2CCCC3)CC1. The van der Waals surface area contributed by atoms with Crippen molar-refractivity contribution in [3.63, 3.8) is 0 Å². The summed E-state index contributed by atoms with van der Waals surface area (Å²) in [6.45, 7) is 1.74. The van der Waals surface area contributed by atoms with Crippen molar-refractivity contribution in [1.82, 2.24) is 15.3 Å². The third kappa shape index (κ3) is 4.56. The molecule has 2 aliphatic rings. The maximum absolute atomic E-state index is 12.4. The molecule has 2 aromatic rings. The summed E-state index contributed by atoms with van der Waals surface area (Å²) in [4.78, 5) is 23.8. The number of benzene rings is 1. The molecule has 0 unspecified atom stereocenters. The molecule has 1 fully saturated rings. The van der Waals surface area contributed by atoms with Gasteiger partial charge in [-0.05, 0) is 56.7 Å². The van der Waals surface area contributed by atoms with E-state index >= 15 is 0 Å². The van der Waals surface area contributed by atoms with Crippen LogP contribution >= 0.6 is 11.6 Å². The average molecular weight is 416 g/mol. The van der Waals surface area contributed by atoms with E-state index in [0.29, 0.717) is 16.5 Å². The molecule has 0 bridgehead atoms. The number of carbonyl (C=O) groups is 1. The fourth-order valence-electron chi connectivity index (χ4n) is 4.13. The van der Waals surface area contributed by atoms with Gasteiger partial charge < -0.3 is 20.3 Å². The topological polar surface area (TPSA) is 79.4 Å². The molecule has 0 saturated carbocycles. The quantitative estimate of drug-likeness (QED) is 0.793. The number of nitrogens with one attached hydrogen (secondary N) is 2. The molecule has 154 valence electrons. The molecule has 0 spiro atoms. The summed E-state index contributed by atoms with van der Waals surface area (Å²) in [6.07, 6.45) is 7.97. The molecule has 1 aromatic heterocycles. The number of methoxy groups -OCH3 is 1. The van der Waals surface area contributed by atoms with Gasteiger partial charge in [0.1, 0.15) is 17.9 Å². The maximum Gasteiger partial charge on any atom is 0.319 e. The Morgan fingerprint density at radius 1 is 1.21 bits per heavy atom. The van der Waals surface area contributed by atoms with Crippen LogP contribution in [0.4, 0.5) is 16.3 Å². The van der Waals surface area contributed by atoms with Crippen LogP contribution in [0, 0.1) is 0 Å². The van der Waals surface area contributed by atoms with Gasteiger partial charge in [0.25, 0.3) is 0 Å². The predicted octanol–water partition coefficient (Wildman–Crippen LogP) is 3.81. The molecule has 2 amide bonds. The van der Waals surface area contributed by atoms with Crippen LogP contribution in [0.3, 0.4) is 0 Å². The lowest BCUT2D eigenvalue weighted by Gasteiger charge is -2.35. The lowest BCUT2D eigenvalue weighted by molar-refractivity contribution is 0.246. The Bertz CT molecular complexity index is 883. The van der Waals surface area contributed by atoms with E-state index in [9.17, 15) is 4.79 Å². The zero-order valence-corrected chi connectivity index (χ0v) is 17.3. The van der Waals surface area contributed by atoms with Crippen LogP contribution in [0.5, 0.6) is 5.75 Å². The fourth-order valence-corrected chi connectivity index (χ4v) is 4.31. The summed E-state index contributed by atoms with van der Waals surface area (Å²) in [7, 11) is 1.56. The first-order chi connectivity index (χ1) is 14.1. The molecular formula is C21H26ClN5O2. The molecule has 2 N–H and O–H groups in total. The number of aryl methyl sites for hydroxylation is 1. The number of urea groups is 1. The Kier molecular flexibility index (Phi) is 6.04. The number of nitrogens with zero attached hydrogens (tertiary/aromatic N) is 3. The second-order valence-corrected chi connectivity index (χ2v) is 7.97. The van der Waals surface area contributed by atoms with Crippen molar-refractivity contribution < 1.29 is 9.53 Å². The van der Waals surface area contributed by atoms with E-state index in [0.717, 1.165) is 44.6 Å². The number of aromatic nitrogens is 2. The third-order valence-electron chi connectivity index (χ3n) is 5.64. The first kappa shape index (κ1) is 19.8. The zero-order chi connectivity index (χ0) is 20.2. The zero-order valence-electron chi connectivity index (χ0n) is 16.6. The Morgan fingerprint density at radius 2 is 2.00 bits per heavy atom. The van der Waals surface area contributed by atoms with Crippen LogP contribution in [-0.2, 0) is 12.8 Å². The standard InChI is InChI=1S/C21H26ClN5O2/c1-29-19-7-6-14(22)12-18(19)26-21(28)25-15-8-10-27(11-9-15)20-16-4-2-3-5-17(16)23-13-24-20/h6-7,12-13,15H,2-5,8-11H2,1H3,(H2,25,26,28). The molecule has 1 aliphatic heterocycles. The maximum atomic E-state index is 12.4. The lowest BCUT2D eigenvalue weighted by Crippen LogP contribution is -2.46. The van der Waals surface area contributed by atoms with Crippen molar-refractivity contribution in [2.75, 3.05) is 30.4 Å². The monoisotopic (exact) mass is 415 g/mol. The minimum Gasteiger partial charge on any atom is -0.495 e. The number of fused-ring (bicyclic) bond motifs is 1. The van der Waals surface area contributed by atoms with Crippen LogP contribution in [-0.4, -0.2) is 42.2 Å². The van der Waals surface area contributed by atoms with Crippen LogP contribution < -0.4 is 20.3 Å². The van der Waals surface area contributed by atoms with Crippen molar-refractivity contribution in [3.05, 3.63) is 40.8 Å². The van der Waals surface area contributed by atoms with E-state index in [1.54, 1.807) is 31.6 Å². The number of rotatable bonds is 4. The second kappa shape index (κ2) is 8.86.